The Morgan fingerprint density at radius 3 is 2.72 bits per heavy atom. The van der Waals surface area contributed by atoms with E-state index in [0.29, 0.717) is 18.4 Å². The van der Waals surface area contributed by atoms with Crippen LogP contribution in [0, 0.1) is 0 Å². The second-order valence-corrected chi connectivity index (χ2v) is 6.10. The molecule has 4 heteroatoms. The zero-order valence-corrected chi connectivity index (χ0v) is 13.1. The highest BCUT2D eigenvalue weighted by molar-refractivity contribution is 7.99. The van der Waals surface area contributed by atoms with Gasteiger partial charge in [-0.2, -0.15) is 11.8 Å². The maximum absolute atomic E-state index is 9.68. The molecule has 110 valence electrons. The van der Waals surface area contributed by atoms with Gasteiger partial charge in [0.25, 0.3) is 0 Å². The molecular weight excluding hydrogens is 246 g/mol. The molecule has 2 atom stereocenters. The molecule has 0 saturated carbocycles. The highest BCUT2D eigenvalue weighted by Crippen LogP contribution is 2.07. The Morgan fingerprint density at radius 2 is 2.06 bits per heavy atom. The fourth-order valence-corrected chi connectivity index (χ4v) is 1.95. The molecule has 0 aliphatic rings. The largest absolute Gasteiger partial charge is 0.389 e. The van der Waals surface area contributed by atoms with Crippen LogP contribution in [0.1, 0.15) is 46.0 Å². The van der Waals surface area contributed by atoms with Crippen molar-refractivity contribution in [3.05, 3.63) is 0 Å². The first-order valence-corrected chi connectivity index (χ1v) is 8.48. The SMILES string of the molecule is CCCCCCOCC(O)CNCCC(C)SC. The molecule has 0 aromatic carbocycles. The highest BCUT2D eigenvalue weighted by Gasteiger charge is 2.04. The Labute approximate surface area is 117 Å². The molecule has 0 radical (unpaired) electrons. The standard InChI is InChI=1S/C14H31NO2S/c1-4-5-6-7-10-17-12-14(16)11-15-9-8-13(2)18-3/h13-16H,4-12H2,1-3H3. The summed E-state index contributed by atoms with van der Waals surface area (Å²) in [6.07, 6.45) is 7.77. The summed E-state index contributed by atoms with van der Waals surface area (Å²) in [7, 11) is 0. The third kappa shape index (κ3) is 12.7. The summed E-state index contributed by atoms with van der Waals surface area (Å²) in [5.41, 5.74) is 0. The lowest BCUT2D eigenvalue weighted by molar-refractivity contribution is 0.0355. The first kappa shape index (κ1) is 18.2. The van der Waals surface area contributed by atoms with E-state index >= 15 is 0 Å². The van der Waals surface area contributed by atoms with Crippen molar-refractivity contribution in [1.29, 1.82) is 0 Å². The summed E-state index contributed by atoms with van der Waals surface area (Å²) < 4.78 is 5.45. The molecular formula is C14H31NO2S. The summed E-state index contributed by atoms with van der Waals surface area (Å²) in [4.78, 5) is 0. The van der Waals surface area contributed by atoms with Crippen molar-refractivity contribution in [3.8, 4) is 0 Å². The van der Waals surface area contributed by atoms with Crippen LogP contribution in [0.25, 0.3) is 0 Å². The molecule has 18 heavy (non-hydrogen) atoms. The second kappa shape index (κ2) is 13.7. The monoisotopic (exact) mass is 277 g/mol. The average Bonchev–Trinajstić information content (AvgIpc) is 2.38. The van der Waals surface area contributed by atoms with Gasteiger partial charge in [-0.1, -0.05) is 33.1 Å². The van der Waals surface area contributed by atoms with E-state index in [4.69, 9.17) is 4.74 Å². The first-order chi connectivity index (χ1) is 8.70. The van der Waals surface area contributed by atoms with Crippen LogP contribution in [0.15, 0.2) is 0 Å². The van der Waals surface area contributed by atoms with E-state index in [1.807, 2.05) is 11.8 Å². The van der Waals surface area contributed by atoms with E-state index in [0.717, 1.165) is 26.0 Å². The third-order valence-corrected chi connectivity index (χ3v) is 4.00. The van der Waals surface area contributed by atoms with Crippen LogP contribution in [-0.2, 0) is 4.74 Å². The van der Waals surface area contributed by atoms with Gasteiger partial charge >= 0.3 is 0 Å². The summed E-state index contributed by atoms with van der Waals surface area (Å²) in [6.45, 7) is 7.26. The minimum atomic E-state index is -0.374. The van der Waals surface area contributed by atoms with Crippen LogP contribution < -0.4 is 5.32 Å². The fourth-order valence-electron chi connectivity index (χ4n) is 1.60. The molecule has 0 aliphatic carbocycles. The summed E-state index contributed by atoms with van der Waals surface area (Å²) in [5, 5.41) is 13.6. The molecule has 0 fully saturated rings. The van der Waals surface area contributed by atoms with Crippen molar-refractivity contribution in [3.63, 3.8) is 0 Å². The van der Waals surface area contributed by atoms with E-state index in [1.165, 1.54) is 19.3 Å². The summed E-state index contributed by atoms with van der Waals surface area (Å²) in [5.74, 6) is 0. The quantitative estimate of drug-likeness (QED) is 0.508. The van der Waals surface area contributed by atoms with E-state index < -0.39 is 0 Å². The Bertz CT molecular complexity index is 170. The maximum Gasteiger partial charge on any atom is 0.0897 e. The van der Waals surface area contributed by atoms with E-state index in [9.17, 15) is 5.11 Å². The number of hydrogen-bond acceptors (Lipinski definition) is 4. The molecule has 0 amide bonds. The van der Waals surface area contributed by atoms with Gasteiger partial charge < -0.3 is 15.2 Å². The van der Waals surface area contributed by atoms with Crippen LogP contribution >= 0.6 is 11.8 Å². The highest BCUT2D eigenvalue weighted by atomic mass is 32.2. The predicted octanol–water partition coefficient (Wildman–Crippen LogP) is 2.68. The lowest BCUT2D eigenvalue weighted by Crippen LogP contribution is -2.31. The topological polar surface area (TPSA) is 41.5 Å². The molecule has 0 heterocycles. The molecule has 0 bridgehead atoms. The van der Waals surface area contributed by atoms with E-state index in [-0.39, 0.29) is 6.10 Å². The molecule has 0 saturated heterocycles. The number of rotatable bonds is 13. The van der Waals surface area contributed by atoms with Gasteiger partial charge in [0.2, 0.25) is 0 Å². The predicted molar refractivity (Wildman–Crippen MR) is 81.4 cm³/mol. The number of ether oxygens (including phenoxy) is 1. The van der Waals surface area contributed by atoms with Crippen LogP contribution in [0.2, 0.25) is 0 Å². The van der Waals surface area contributed by atoms with Gasteiger partial charge in [0.15, 0.2) is 0 Å². The van der Waals surface area contributed by atoms with Gasteiger partial charge in [-0.25, -0.2) is 0 Å². The Hall–Kier alpha value is 0.230. The van der Waals surface area contributed by atoms with Gasteiger partial charge in [-0.3, -0.25) is 0 Å². The first-order valence-electron chi connectivity index (χ1n) is 7.20. The van der Waals surface area contributed by atoms with Gasteiger partial charge in [0.05, 0.1) is 12.7 Å². The molecule has 2 unspecified atom stereocenters. The summed E-state index contributed by atoms with van der Waals surface area (Å²) in [6, 6.07) is 0. The van der Waals surface area contributed by atoms with Gasteiger partial charge in [-0.15, -0.1) is 0 Å². The Kier molecular flexibility index (Phi) is 13.8. The van der Waals surface area contributed by atoms with Crippen LogP contribution in [0.3, 0.4) is 0 Å². The maximum atomic E-state index is 9.68. The second-order valence-electron chi connectivity index (χ2n) is 4.83. The number of unbranched alkanes of at least 4 members (excludes halogenated alkanes) is 3. The Balaban J connectivity index is 3.19. The fraction of sp³-hybridized carbons (Fsp3) is 1.00. The van der Waals surface area contributed by atoms with Gasteiger partial charge in [0.1, 0.15) is 0 Å². The number of aliphatic hydroxyl groups is 1. The molecule has 0 aromatic heterocycles. The average molecular weight is 277 g/mol. The minimum absolute atomic E-state index is 0.374. The van der Waals surface area contributed by atoms with Crippen molar-refractivity contribution in [2.45, 2.75) is 57.3 Å². The zero-order valence-electron chi connectivity index (χ0n) is 12.3. The molecule has 0 spiro atoms. The zero-order chi connectivity index (χ0) is 13.6. The molecule has 2 N–H and O–H groups in total. The number of thioether (sulfide) groups is 1. The van der Waals surface area contributed by atoms with Crippen LogP contribution in [0.5, 0.6) is 0 Å². The van der Waals surface area contributed by atoms with Gasteiger partial charge in [-0.05, 0) is 25.6 Å². The van der Waals surface area contributed by atoms with E-state index in [1.54, 1.807) is 0 Å². The summed E-state index contributed by atoms with van der Waals surface area (Å²) >= 11 is 1.88. The number of hydrogen-bond donors (Lipinski definition) is 2. The molecule has 0 aliphatic heterocycles. The molecule has 3 nitrogen and oxygen atoms in total. The van der Waals surface area contributed by atoms with Crippen molar-refractivity contribution in [1.82, 2.24) is 5.32 Å². The van der Waals surface area contributed by atoms with Crippen molar-refractivity contribution in [2.24, 2.45) is 0 Å². The Morgan fingerprint density at radius 1 is 1.28 bits per heavy atom. The van der Waals surface area contributed by atoms with Gasteiger partial charge in [0, 0.05) is 18.4 Å². The van der Waals surface area contributed by atoms with Crippen molar-refractivity contribution in [2.75, 3.05) is 32.6 Å². The smallest absolute Gasteiger partial charge is 0.0897 e. The number of nitrogens with one attached hydrogen (secondary N) is 1. The normalized spacial score (nSPS) is 14.7. The minimum Gasteiger partial charge on any atom is -0.389 e. The number of aliphatic hydroxyl groups excluding tert-OH is 1. The lowest BCUT2D eigenvalue weighted by atomic mass is 10.2. The van der Waals surface area contributed by atoms with Crippen LogP contribution in [-0.4, -0.2) is 49.0 Å². The molecule has 0 aromatic rings. The molecule has 0 rings (SSSR count). The lowest BCUT2D eigenvalue weighted by Gasteiger charge is -2.13. The van der Waals surface area contributed by atoms with Crippen molar-refractivity contribution >= 4 is 11.8 Å². The van der Waals surface area contributed by atoms with Crippen LogP contribution in [0.4, 0.5) is 0 Å². The third-order valence-electron chi connectivity index (χ3n) is 2.96. The van der Waals surface area contributed by atoms with Crippen molar-refractivity contribution < 1.29 is 9.84 Å². The van der Waals surface area contributed by atoms with E-state index in [2.05, 4.69) is 25.4 Å².